The molecule has 7 rings (SSSR count). The zero-order valence-electron chi connectivity index (χ0n) is 19.9. The number of carboxylic acids is 1. The summed E-state index contributed by atoms with van der Waals surface area (Å²) in [5, 5.41) is 8.88. The molecule has 0 atom stereocenters. The van der Waals surface area contributed by atoms with Gasteiger partial charge in [-0.3, -0.25) is 4.98 Å². The third kappa shape index (κ3) is 4.50. The summed E-state index contributed by atoms with van der Waals surface area (Å²) >= 11 is 0. The van der Waals surface area contributed by atoms with E-state index in [4.69, 9.17) is 9.84 Å². The zero-order valence-corrected chi connectivity index (χ0v) is 19.9. The monoisotopic (exact) mass is 465 g/mol. The summed E-state index contributed by atoms with van der Waals surface area (Å²) in [6.45, 7) is 0.572. The van der Waals surface area contributed by atoms with Crippen LogP contribution in [-0.4, -0.2) is 16.1 Å². The van der Waals surface area contributed by atoms with E-state index in [9.17, 15) is 4.79 Å². The van der Waals surface area contributed by atoms with Crippen molar-refractivity contribution < 1.29 is 14.6 Å². The van der Waals surface area contributed by atoms with Gasteiger partial charge in [-0.1, -0.05) is 36.4 Å². The molecule has 4 fully saturated rings. The number of pyridine rings is 1. The molecule has 4 nitrogen and oxygen atoms in total. The Bertz CT molecular complexity index is 1210. The van der Waals surface area contributed by atoms with Crippen molar-refractivity contribution in [1.29, 1.82) is 0 Å². The third-order valence-electron chi connectivity index (χ3n) is 8.33. The van der Waals surface area contributed by atoms with Crippen LogP contribution in [0.4, 0.5) is 0 Å². The van der Waals surface area contributed by atoms with Crippen molar-refractivity contribution in [1.82, 2.24) is 4.98 Å². The minimum Gasteiger partial charge on any atom is -0.489 e. The van der Waals surface area contributed by atoms with Gasteiger partial charge in [-0.05, 0) is 103 Å². The van der Waals surface area contributed by atoms with Crippen LogP contribution in [0.15, 0.2) is 72.9 Å². The number of rotatable bonds is 7. The molecule has 4 aliphatic carbocycles. The van der Waals surface area contributed by atoms with E-state index in [1.807, 2.05) is 18.2 Å². The van der Waals surface area contributed by atoms with E-state index < -0.39 is 5.97 Å². The number of carbonyl (C=O) groups is 1. The zero-order chi connectivity index (χ0) is 23.8. The van der Waals surface area contributed by atoms with E-state index in [0.717, 1.165) is 46.4 Å². The van der Waals surface area contributed by atoms with Gasteiger partial charge < -0.3 is 9.84 Å². The minimum absolute atomic E-state index is 0.209. The molecule has 4 saturated carbocycles. The van der Waals surface area contributed by atoms with Gasteiger partial charge in [0.1, 0.15) is 12.4 Å². The van der Waals surface area contributed by atoms with E-state index in [2.05, 4.69) is 47.4 Å². The van der Waals surface area contributed by atoms with E-state index in [1.54, 1.807) is 12.3 Å². The minimum atomic E-state index is -0.958. The van der Waals surface area contributed by atoms with Gasteiger partial charge in [0.2, 0.25) is 0 Å². The molecule has 1 aromatic heterocycles. The van der Waals surface area contributed by atoms with E-state index in [-0.39, 0.29) is 5.41 Å². The van der Waals surface area contributed by atoms with Crippen LogP contribution < -0.4 is 4.74 Å². The number of carboxylic acid groups (broad SMARTS) is 1. The Morgan fingerprint density at radius 1 is 0.971 bits per heavy atom. The standard InChI is InChI=1S/C31H31NO3/c33-30(34)11-7-21-6-9-28(32-19-21)26-8-10-29(35-20-22-4-2-1-3-5-22)27(15-26)31-16-23-12-24(17-31)14-25(13-23)18-31/h1-11,15,19,23-25H,12-14,16-18,20H2,(H,33,34)/b11-7+. The Kier molecular flexibility index (Phi) is 5.68. The van der Waals surface area contributed by atoms with Gasteiger partial charge in [-0.2, -0.15) is 0 Å². The van der Waals surface area contributed by atoms with Gasteiger partial charge >= 0.3 is 5.97 Å². The van der Waals surface area contributed by atoms with Crippen molar-refractivity contribution in [2.24, 2.45) is 17.8 Å². The molecule has 4 heteroatoms. The van der Waals surface area contributed by atoms with Crippen molar-refractivity contribution in [2.75, 3.05) is 0 Å². The number of ether oxygens (including phenoxy) is 1. The second-order valence-electron chi connectivity index (χ2n) is 10.8. The largest absolute Gasteiger partial charge is 0.489 e. The molecular formula is C31H31NO3. The topological polar surface area (TPSA) is 59.4 Å². The molecule has 0 saturated heterocycles. The molecule has 35 heavy (non-hydrogen) atoms. The fourth-order valence-corrected chi connectivity index (χ4v) is 7.25. The molecule has 178 valence electrons. The number of nitrogens with zero attached hydrogens (tertiary/aromatic N) is 1. The molecule has 3 aromatic rings. The number of aromatic nitrogens is 1. The van der Waals surface area contributed by atoms with Gasteiger partial charge in [0, 0.05) is 23.4 Å². The average molecular weight is 466 g/mol. The van der Waals surface area contributed by atoms with Crippen LogP contribution in [0, 0.1) is 17.8 Å². The highest BCUT2D eigenvalue weighted by molar-refractivity contribution is 5.85. The first-order valence-electron chi connectivity index (χ1n) is 12.7. The lowest BCUT2D eigenvalue weighted by Crippen LogP contribution is -2.48. The Labute approximate surface area is 206 Å². The Balaban J connectivity index is 1.35. The smallest absolute Gasteiger partial charge is 0.328 e. The van der Waals surface area contributed by atoms with Gasteiger partial charge in [-0.25, -0.2) is 4.79 Å². The van der Waals surface area contributed by atoms with Crippen LogP contribution in [0.25, 0.3) is 17.3 Å². The van der Waals surface area contributed by atoms with Crippen molar-refractivity contribution in [3.8, 4) is 17.0 Å². The van der Waals surface area contributed by atoms with E-state index in [0.29, 0.717) is 6.61 Å². The molecule has 0 unspecified atom stereocenters. The fourth-order valence-electron chi connectivity index (χ4n) is 7.25. The second kappa shape index (κ2) is 8.99. The summed E-state index contributed by atoms with van der Waals surface area (Å²) in [5.41, 5.74) is 5.53. The quantitative estimate of drug-likeness (QED) is 0.386. The highest BCUT2D eigenvalue weighted by atomic mass is 16.5. The number of hydrogen-bond acceptors (Lipinski definition) is 3. The maximum atomic E-state index is 10.8. The molecular weight excluding hydrogens is 434 g/mol. The average Bonchev–Trinajstić information content (AvgIpc) is 2.86. The van der Waals surface area contributed by atoms with Crippen LogP contribution >= 0.6 is 0 Å². The maximum absolute atomic E-state index is 10.8. The molecule has 1 N–H and O–H groups in total. The molecule has 0 aliphatic heterocycles. The number of benzene rings is 2. The summed E-state index contributed by atoms with van der Waals surface area (Å²) in [5.74, 6) is 2.61. The van der Waals surface area contributed by atoms with Crippen molar-refractivity contribution >= 4 is 12.0 Å². The normalized spacial score (nSPS) is 26.8. The van der Waals surface area contributed by atoms with Crippen LogP contribution in [0.1, 0.15) is 55.2 Å². The first-order valence-corrected chi connectivity index (χ1v) is 12.7. The molecule has 0 radical (unpaired) electrons. The summed E-state index contributed by atoms with van der Waals surface area (Å²) in [6.07, 6.45) is 12.5. The Morgan fingerprint density at radius 2 is 1.69 bits per heavy atom. The van der Waals surface area contributed by atoms with Crippen LogP contribution in [0.5, 0.6) is 5.75 Å². The molecule has 0 spiro atoms. The van der Waals surface area contributed by atoms with Gasteiger partial charge in [-0.15, -0.1) is 0 Å². The lowest BCUT2D eigenvalue weighted by atomic mass is 9.48. The molecule has 2 aromatic carbocycles. The third-order valence-corrected chi connectivity index (χ3v) is 8.33. The predicted molar refractivity (Wildman–Crippen MR) is 137 cm³/mol. The highest BCUT2D eigenvalue weighted by Crippen LogP contribution is 2.62. The summed E-state index contributed by atoms with van der Waals surface area (Å²) in [7, 11) is 0. The molecule has 4 bridgehead atoms. The van der Waals surface area contributed by atoms with Gasteiger partial charge in [0.25, 0.3) is 0 Å². The van der Waals surface area contributed by atoms with Crippen molar-refractivity contribution in [3.63, 3.8) is 0 Å². The SMILES string of the molecule is O=C(O)/C=C/c1ccc(-c2ccc(OCc3ccccc3)c(C34CC5CC(CC(C5)C3)C4)c2)nc1. The van der Waals surface area contributed by atoms with Crippen LogP contribution in [0.2, 0.25) is 0 Å². The molecule has 4 aliphatic rings. The van der Waals surface area contributed by atoms with Crippen molar-refractivity contribution in [2.45, 2.75) is 50.5 Å². The maximum Gasteiger partial charge on any atom is 0.328 e. The summed E-state index contributed by atoms with van der Waals surface area (Å²) in [4.78, 5) is 15.5. The number of aliphatic carboxylic acids is 1. The predicted octanol–water partition coefficient (Wildman–Crippen LogP) is 6.89. The van der Waals surface area contributed by atoms with Crippen LogP contribution in [-0.2, 0) is 16.8 Å². The summed E-state index contributed by atoms with van der Waals surface area (Å²) < 4.78 is 6.49. The first kappa shape index (κ1) is 22.1. The summed E-state index contributed by atoms with van der Waals surface area (Å²) in [6, 6.07) is 20.9. The van der Waals surface area contributed by atoms with Gasteiger partial charge in [0.05, 0.1) is 5.69 Å². The molecule has 1 heterocycles. The van der Waals surface area contributed by atoms with E-state index >= 15 is 0 Å². The number of hydrogen-bond donors (Lipinski definition) is 1. The first-order chi connectivity index (χ1) is 17.1. The van der Waals surface area contributed by atoms with E-state index in [1.165, 1.54) is 49.7 Å². The van der Waals surface area contributed by atoms with Crippen LogP contribution in [0.3, 0.4) is 0 Å². The Hall–Kier alpha value is -3.40. The van der Waals surface area contributed by atoms with Gasteiger partial charge in [0.15, 0.2) is 0 Å². The second-order valence-corrected chi connectivity index (χ2v) is 10.8. The fraction of sp³-hybridized carbons (Fsp3) is 0.355. The lowest BCUT2D eigenvalue weighted by Gasteiger charge is -2.57. The molecule has 0 amide bonds. The lowest BCUT2D eigenvalue weighted by molar-refractivity contribution is -0.131. The van der Waals surface area contributed by atoms with Crippen molar-refractivity contribution in [3.05, 3.63) is 89.6 Å². The highest BCUT2D eigenvalue weighted by Gasteiger charge is 2.52. The Morgan fingerprint density at radius 3 is 2.31 bits per heavy atom.